The molecule has 0 N–H and O–H groups in total. The fraction of sp³-hybridized carbons (Fsp3) is 0.222. The lowest BCUT2D eigenvalue weighted by Crippen LogP contribution is -2.26. The third kappa shape index (κ3) is 3.32. The molecule has 3 aromatic rings. The molecule has 0 atom stereocenters. The number of nitrogens with zero attached hydrogens (tertiary/aromatic N) is 3. The van der Waals surface area contributed by atoms with Gasteiger partial charge in [-0.05, 0) is 31.2 Å². The number of hydrogen-bond acceptors (Lipinski definition) is 4. The number of rotatable bonds is 6. The lowest BCUT2D eigenvalue weighted by molar-refractivity contribution is 0.0769. The molecule has 0 saturated heterocycles. The normalized spacial score (nSPS) is 10.6. The van der Waals surface area contributed by atoms with E-state index >= 15 is 0 Å². The van der Waals surface area contributed by atoms with Gasteiger partial charge in [-0.15, -0.1) is 0 Å². The second-order valence-corrected chi connectivity index (χ2v) is 5.29. The van der Waals surface area contributed by atoms with E-state index in [0.717, 1.165) is 11.4 Å². The molecule has 6 nitrogen and oxygen atoms in total. The summed E-state index contributed by atoms with van der Waals surface area (Å²) in [5.41, 5.74) is 1.17. The first-order chi connectivity index (χ1) is 11.7. The number of furan rings is 1. The van der Waals surface area contributed by atoms with Gasteiger partial charge in [0.25, 0.3) is 5.91 Å². The van der Waals surface area contributed by atoms with Crippen LogP contribution < -0.4 is 4.74 Å². The standard InChI is InChI=1S/C18H19N3O3/c1-3-23-17-12-16(19-21(17)14-8-5-4-6-9-14)18(22)20(2)13-15-10-7-11-24-15/h4-12H,3,13H2,1-2H3. The Bertz CT molecular complexity index is 794. The van der Waals surface area contributed by atoms with Gasteiger partial charge in [-0.25, -0.2) is 4.68 Å². The van der Waals surface area contributed by atoms with Crippen LogP contribution in [0.4, 0.5) is 0 Å². The minimum Gasteiger partial charge on any atom is -0.478 e. The lowest BCUT2D eigenvalue weighted by atomic mass is 10.3. The third-order valence-corrected chi connectivity index (χ3v) is 3.51. The highest BCUT2D eigenvalue weighted by Crippen LogP contribution is 2.20. The van der Waals surface area contributed by atoms with E-state index in [4.69, 9.17) is 9.15 Å². The van der Waals surface area contributed by atoms with Crippen molar-refractivity contribution >= 4 is 5.91 Å². The van der Waals surface area contributed by atoms with Gasteiger partial charge in [0, 0.05) is 13.1 Å². The van der Waals surface area contributed by atoms with Crippen LogP contribution in [0.2, 0.25) is 0 Å². The van der Waals surface area contributed by atoms with Gasteiger partial charge in [0.1, 0.15) is 5.76 Å². The molecule has 1 aromatic carbocycles. The molecule has 0 aliphatic heterocycles. The molecule has 3 rings (SSSR count). The van der Waals surface area contributed by atoms with E-state index in [1.807, 2.05) is 43.3 Å². The van der Waals surface area contributed by atoms with Crippen LogP contribution in [0.3, 0.4) is 0 Å². The Kier molecular flexibility index (Phi) is 4.65. The van der Waals surface area contributed by atoms with Gasteiger partial charge in [0.05, 0.1) is 25.1 Å². The molecule has 0 spiro atoms. The number of carbonyl (C=O) groups excluding carboxylic acids is 1. The number of aromatic nitrogens is 2. The van der Waals surface area contributed by atoms with E-state index in [1.54, 1.807) is 35.0 Å². The van der Waals surface area contributed by atoms with Crippen LogP contribution in [-0.4, -0.2) is 34.2 Å². The van der Waals surface area contributed by atoms with E-state index in [9.17, 15) is 4.79 Å². The topological polar surface area (TPSA) is 60.5 Å². The molecule has 0 bridgehead atoms. The number of para-hydroxylation sites is 1. The van der Waals surface area contributed by atoms with Gasteiger partial charge < -0.3 is 14.1 Å². The Balaban J connectivity index is 1.86. The van der Waals surface area contributed by atoms with E-state index < -0.39 is 0 Å². The average Bonchev–Trinajstić information content (AvgIpc) is 3.25. The zero-order chi connectivity index (χ0) is 16.9. The summed E-state index contributed by atoms with van der Waals surface area (Å²) >= 11 is 0. The Hall–Kier alpha value is -3.02. The molecule has 6 heteroatoms. The fourth-order valence-corrected chi connectivity index (χ4v) is 2.38. The molecule has 124 valence electrons. The molecule has 24 heavy (non-hydrogen) atoms. The summed E-state index contributed by atoms with van der Waals surface area (Å²) in [5.74, 6) is 1.07. The molecule has 0 unspecified atom stereocenters. The average molecular weight is 325 g/mol. The number of carbonyl (C=O) groups is 1. The van der Waals surface area contributed by atoms with E-state index in [1.165, 1.54) is 0 Å². The first-order valence-corrected chi connectivity index (χ1v) is 7.75. The summed E-state index contributed by atoms with van der Waals surface area (Å²) in [6.45, 7) is 2.77. The van der Waals surface area contributed by atoms with Crippen molar-refractivity contribution in [3.63, 3.8) is 0 Å². The van der Waals surface area contributed by atoms with Crippen molar-refractivity contribution in [2.75, 3.05) is 13.7 Å². The predicted molar refractivity (Wildman–Crippen MR) is 89.2 cm³/mol. The summed E-state index contributed by atoms with van der Waals surface area (Å²) in [6.07, 6.45) is 1.59. The van der Waals surface area contributed by atoms with Crippen molar-refractivity contribution < 1.29 is 13.9 Å². The lowest BCUT2D eigenvalue weighted by Gasteiger charge is -2.13. The maximum atomic E-state index is 12.6. The Labute approximate surface area is 140 Å². The molecule has 0 aliphatic rings. The maximum absolute atomic E-state index is 12.6. The highest BCUT2D eigenvalue weighted by Gasteiger charge is 2.20. The molecular formula is C18H19N3O3. The molecular weight excluding hydrogens is 306 g/mol. The molecule has 2 aromatic heterocycles. The van der Waals surface area contributed by atoms with Gasteiger partial charge in [0.2, 0.25) is 5.88 Å². The van der Waals surface area contributed by atoms with Crippen LogP contribution in [-0.2, 0) is 6.54 Å². The fourth-order valence-electron chi connectivity index (χ4n) is 2.38. The van der Waals surface area contributed by atoms with Gasteiger partial charge in [0.15, 0.2) is 5.69 Å². The quantitative estimate of drug-likeness (QED) is 0.698. The zero-order valence-corrected chi connectivity index (χ0v) is 13.7. The highest BCUT2D eigenvalue weighted by molar-refractivity contribution is 5.92. The summed E-state index contributed by atoms with van der Waals surface area (Å²) in [5, 5.41) is 4.42. The molecule has 1 amide bonds. The summed E-state index contributed by atoms with van der Waals surface area (Å²) in [4.78, 5) is 14.2. The Morgan fingerprint density at radius 1 is 1.25 bits per heavy atom. The highest BCUT2D eigenvalue weighted by atomic mass is 16.5. The van der Waals surface area contributed by atoms with Crippen molar-refractivity contribution in [2.45, 2.75) is 13.5 Å². The third-order valence-electron chi connectivity index (χ3n) is 3.51. The summed E-state index contributed by atoms with van der Waals surface area (Å²) < 4.78 is 12.5. The smallest absolute Gasteiger partial charge is 0.274 e. The summed E-state index contributed by atoms with van der Waals surface area (Å²) in [7, 11) is 1.72. The monoisotopic (exact) mass is 325 g/mol. The molecule has 0 aliphatic carbocycles. The zero-order valence-electron chi connectivity index (χ0n) is 13.7. The number of benzene rings is 1. The second-order valence-electron chi connectivity index (χ2n) is 5.29. The predicted octanol–water partition coefficient (Wildman–Crippen LogP) is 3.14. The molecule has 0 fully saturated rings. The van der Waals surface area contributed by atoms with E-state index in [0.29, 0.717) is 24.7 Å². The van der Waals surface area contributed by atoms with E-state index in [2.05, 4.69) is 5.10 Å². The summed E-state index contributed by atoms with van der Waals surface area (Å²) in [6, 6.07) is 14.9. The van der Waals surface area contributed by atoms with E-state index in [-0.39, 0.29) is 5.91 Å². The number of hydrogen-bond donors (Lipinski definition) is 0. The molecule has 2 heterocycles. The van der Waals surface area contributed by atoms with Gasteiger partial charge in [-0.1, -0.05) is 18.2 Å². The molecule has 0 saturated carbocycles. The van der Waals surface area contributed by atoms with Gasteiger partial charge in [-0.3, -0.25) is 4.79 Å². The largest absolute Gasteiger partial charge is 0.478 e. The second kappa shape index (κ2) is 7.04. The van der Waals surface area contributed by atoms with Crippen molar-refractivity contribution in [1.82, 2.24) is 14.7 Å². The van der Waals surface area contributed by atoms with Crippen LogP contribution in [0.1, 0.15) is 23.2 Å². The minimum absolute atomic E-state index is 0.193. The Morgan fingerprint density at radius 2 is 2.04 bits per heavy atom. The number of amides is 1. The van der Waals surface area contributed by atoms with Gasteiger partial charge >= 0.3 is 0 Å². The van der Waals surface area contributed by atoms with Crippen molar-refractivity contribution in [3.05, 3.63) is 66.2 Å². The van der Waals surface area contributed by atoms with Crippen LogP contribution in [0.5, 0.6) is 5.88 Å². The van der Waals surface area contributed by atoms with Crippen molar-refractivity contribution in [3.8, 4) is 11.6 Å². The number of ether oxygens (including phenoxy) is 1. The SMILES string of the molecule is CCOc1cc(C(=O)N(C)Cc2ccco2)nn1-c1ccccc1. The van der Waals surface area contributed by atoms with Crippen molar-refractivity contribution in [1.29, 1.82) is 0 Å². The first-order valence-electron chi connectivity index (χ1n) is 7.75. The van der Waals surface area contributed by atoms with Crippen LogP contribution in [0, 0.1) is 0 Å². The maximum Gasteiger partial charge on any atom is 0.274 e. The van der Waals surface area contributed by atoms with Gasteiger partial charge in [-0.2, -0.15) is 5.10 Å². The van der Waals surface area contributed by atoms with Crippen LogP contribution in [0.25, 0.3) is 5.69 Å². The van der Waals surface area contributed by atoms with Crippen molar-refractivity contribution in [2.24, 2.45) is 0 Å². The Morgan fingerprint density at radius 3 is 2.71 bits per heavy atom. The van der Waals surface area contributed by atoms with Crippen LogP contribution >= 0.6 is 0 Å². The molecule has 0 radical (unpaired) electrons. The minimum atomic E-state index is -0.193. The van der Waals surface area contributed by atoms with Crippen LogP contribution in [0.15, 0.2) is 59.2 Å². The first kappa shape index (κ1) is 15.9.